The quantitative estimate of drug-likeness (QED) is 0.654. The number of nitrogen functional groups attached to an aromatic ring is 1. The van der Waals surface area contributed by atoms with Gasteiger partial charge in [0, 0.05) is 11.9 Å². The molecular formula is C10H14BrNO3S. The van der Waals surface area contributed by atoms with Crippen LogP contribution < -0.4 is 5.73 Å². The van der Waals surface area contributed by atoms with Gasteiger partial charge in [-0.1, -0.05) is 28.1 Å². The summed E-state index contributed by atoms with van der Waals surface area (Å²) in [6, 6.07) is 6.43. The zero-order valence-corrected chi connectivity index (χ0v) is 11.4. The van der Waals surface area contributed by atoms with Crippen LogP contribution in [-0.4, -0.2) is 23.4 Å². The van der Waals surface area contributed by atoms with Crippen LogP contribution in [0, 0.1) is 0 Å². The van der Waals surface area contributed by atoms with Crippen molar-refractivity contribution in [3.8, 4) is 0 Å². The number of halogens is 1. The van der Waals surface area contributed by atoms with Gasteiger partial charge in [-0.25, -0.2) is 8.42 Å². The first-order chi connectivity index (χ1) is 7.16. The summed E-state index contributed by atoms with van der Waals surface area (Å²) in [5.74, 6) is 0. The molecule has 0 saturated carbocycles. The fourth-order valence-electron chi connectivity index (χ4n) is 1.18. The van der Waals surface area contributed by atoms with Gasteiger partial charge in [-0.05, 0) is 24.6 Å². The summed E-state index contributed by atoms with van der Waals surface area (Å²) in [6.45, 7) is 1.42. The first-order valence-corrected chi connectivity index (χ1v) is 7.26. The molecule has 90 valence electrons. The van der Waals surface area contributed by atoms with Crippen LogP contribution in [-0.2, 0) is 9.84 Å². The summed E-state index contributed by atoms with van der Waals surface area (Å²) in [5.41, 5.74) is 6.57. The van der Waals surface area contributed by atoms with E-state index in [4.69, 9.17) is 5.73 Å². The lowest BCUT2D eigenvalue weighted by atomic mass is 10.1. The smallest absolute Gasteiger partial charge is 0.165 e. The summed E-state index contributed by atoms with van der Waals surface area (Å²) >= 11 is 3.05. The topological polar surface area (TPSA) is 80.4 Å². The van der Waals surface area contributed by atoms with Gasteiger partial charge in [0.15, 0.2) is 13.5 Å². The third-order valence-corrected chi connectivity index (χ3v) is 6.34. The number of aliphatic hydroxyl groups is 1. The zero-order chi connectivity index (χ0) is 12.6. The Morgan fingerprint density at radius 1 is 1.38 bits per heavy atom. The third-order valence-electron chi connectivity index (χ3n) is 2.47. The molecule has 6 heteroatoms. The highest BCUT2D eigenvalue weighted by Crippen LogP contribution is 2.37. The second-order valence-electron chi connectivity index (χ2n) is 3.83. The Bertz CT molecular complexity index is 467. The highest BCUT2D eigenvalue weighted by atomic mass is 79.9. The van der Waals surface area contributed by atoms with E-state index in [0.717, 1.165) is 6.26 Å². The molecule has 0 fully saturated rings. The first-order valence-electron chi connectivity index (χ1n) is 4.58. The maximum atomic E-state index is 11.5. The lowest BCUT2D eigenvalue weighted by Crippen LogP contribution is -2.34. The van der Waals surface area contributed by atoms with Gasteiger partial charge < -0.3 is 10.8 Å². The minimum atomic E-state index is -3.42. The van der Waals surface area contributed by atoms with E-state index in [-0.39, 0.29) is 0 Å². The molecule has 0 aliphatic rings. The van der Waals surface area contributed by atoms with Crippen molar-refractivity contribution < 1.29 is 13.5 Å². The van der Waals surface area contributed by atoms with Crippen LogP contribution in [0.15, 0.2) is 24.3 Å². The number of rotatable bonds is 3. The standard InChI is InChI=1S/C10H14BrNO3S/c1-10(11,16(2,14)15)9(13)7-3-5-8(12)6-4-7/h3-6,9,13H,12H2,1-2H3/t9-,10+/m0/s1. The Morgan fingerprint density at radius 2 is 1.81 bits per heavy atom. The molecule has 1 aromatic rings. The molecule has 0 aromatic heterocycles. The molecule has 0 aliphatic carbocycles. The molecule has 0 amide bonds. The molecule has 0 spiro atoms. The minimum absolute atomic E-state index is 0.499. The lowest BCUT2D eigenvalue weighted by molar-refractivity contribution is 0.168. The van der Waals surface area contributed by atoms with E-state index in [9.17, 15) is 13.5 Å². The molecule has 4 nitrogen and oxygen atoms in total. The van der Waals surface area contributed by atoms with E-state index in [1.54, 1.807) is 24.3 Å². The van der Waals surface area contributed by atoms with Crippen LogP contribution >= 0.6 is 15.9 Å². The van der Waals surface area contributed by atoms with Crippen molar-refractivity contribution in [2.75, 3.05) is 12.0 Å². The predicted molar refractivity (Wildman–Crippen MR) is 68.0 cm³/mol. The Labute approximate surface area is 104 Å². The predicted octanol–water partition coefficient (Wildman–Crippen LogP) is 1.46. The van der Waals surface area contributed by atoms with E-state index < -0.39 is 19.6 Å². The van der Waals surface area contributed by atoms with Crippen molar-refractivity contribution in [2.45, 2.75) is 16.7 Å². The van der Waals surface area contributed by atoms with Crippen molar-refractivity contribution in [1.29, 1.82) is 0 Å². The van der Waals surface area contributed by atoms with E-state index in [2.05, 4.69) is 15.9 Å². The third kappa shape index (κ3) is 2.56. The van der Waals surface area contributed by atoms with Gasteiger partial charge in [0.25, 0.3) is 0 Å². The van der Waals surface area contributed by atoms with E-state index in [1.807, 2.05) is 0 Å². The molecule has 0 unspecified atom stereocenters. The summed E-state index contributed by atoms with van der Waals surface area (Å²) in [7, 11) is -3.42. The second kappa shape index (κ2) is 4.35. The fraction of sp³-hybridized carbons (Fsp3) is 0.400. The van der Waals surface area contributed by atoms with E-state index in [1.165, 1.54) is 6.92 Å². The van der Waals surface area contributed by atoms with Gasteiger partial charge in [0.1, 0.15) is 6.10 Å². The van der Waals surface area contributed by atoms with Crippen molar-refractivity contribution in [1.82, 2.24) is 0 Å². The number of sulfone groups is 1. The van der Waals surface area contributed by atoms with Gasteiger partial charge in [-0.15, -0.1) is 0 Å². The van der Waals surface area contributed by atoms with Crippen LogP contribution in [0.4, 0.5) is 5.69 Å². The van der Waals surface area contributed by atoms with Crippen molar-refractivity contribution >= 4 is 31.5 Å². The molecule has 0 heterocycles. The molecule has 0 radical (unpaired) electrons. The summed E-state index contributed by atoms with van der Waals surface area (Å²) in [6.07, 6.45) is -0.0782. The number of nitrogens with two attached hydrogens (primary N) is 1. The molecule has 1 aromatic carbocycles. The highest BCUT2D eigenvalue weighted by Gasteiger charge is 2.41. The number of alkyl halides is 1. The Hall–Kier alpha value is -0.590. The molecular weight excluding hydrogens is 294 g/mol. The molecule has 2 atom stereocenters. The summed E-state index contributed by atoms with van der Waals surface area (Å²) < 4.78 is 21.6. The number of aliphatic hydroxyl groups excluding tert-OH is 1. The van der Waals surface area contributed by atoms with E-state index >= 15 is 0 Å². The first kappa shape index (κ1) is 13.5. The van der Waals surface area contributed by atoms with Crippen molar-refractivity contribution in [2.24, 2.45) is 0 Å². The SMILES string of the molecule is C[C@](Br)([C@@H](O)c1ccc(N)cc1)S(C)(=O)=O. The zero-order valence-electron chi connectivity index (χ0n) is 9.01. The molecule has 3 N–H and O–H groups in total. The van der Waals surface area contributed by atoms with Gasteiger partial charge in [-0.2, -0.15) is 0 Å². The largest absolute Gasteiger partial charge is 0.399 e. The normalized spacial score (nSPS) is 17.8. The maximum Gasteiger partial charge on any atom is 0.165 e. The fourth-order valence-corrected chi connectivity index (χ4v) is 1.98. The van der Waals surface area contributed by atoms with Gasteiger partial charge in [0.2, 0.25) is 0 Å². The number of hydrogen-bond donors (Lipinski definition) is 2. The molecule has 16 heavy (non-hydrogen) atoms. The van der Waals surface area contributed by atoms with Crippen LogP contribution in [0.1, 0.15) is 18.6 Å². The van der Waals surface area contributed by atoms with Crippen molar-refractivity contribution in [3.05, 3.63) is 29.8 Å². The molecule has 0 saturated heterocycles. The Kier molecular flexibility index (Phi) is 3.66. The van der Waals surface area contributed by atoms with Crippen LogP contribution in [0.3, 0.4) is 0 Å². The van der Waals surface area contributed by atoms with Crippen LogP contribution in [0.25, 0.3) is 0 Å². The molecule has 1 rings (SSSR count). The monoisotopic (exact) mass is 307 g/mol. The Morgan fingerprint density at radius 3 is 2.19 bits per heavy atom. The Balaban J connectivity index is 3.12. The summed E-state index contributed by atoms with van der Waals surface area (Å²) in [5, 5.41) is 10.0. The van der Waals surface area contributed by atoms with Crippen LogP contribution in [0.2, 0.25) is 0 Å². The van der Waals surface area contributed by atoms with E-state index in [0.29, 0.717) is 11.3 Å². The number of hydrogen-bond acceptors (Lipinski definition) is 4. The lowest BCUT2D eigenvalue weighted by Gasteiger charge is -2.26. The number of benzene rings is 1. The molecule has 0 aliphatic heterocycles. The average molecular weight is 308 g/mol. The highest BCUT2D eigenvalue weighted by molar-refractivity contribution is 9.11. The van der Waals surface area contributed by atoms with Crippen LogP contribution in [0.5, 0.6) is 0 Å². The molecule has 0 bridgehead atoms. The van der Waals surface area contributed by atoms with Gasteiger partial charge >= 0.3 is 0 Å². The maximum absolute atomic E-state index is 11.5. The second-order valence-corrected chi connectivity index (χ2v) is 8.39. The van der Waals surface area contributed by atoms with Gasteiger partial charge in [-0.3, -0.25) is 0 Å². The average Bonchev–Trinajstić information content (AvgIpc) is 2.16. The summed E-state index contributed by atoms with van der Waals surface area (Å²) in [4.78, 5) is 0. The minimum Gasteiger partial charge on any atom is -0.399 e. The van der Waals surface area contributed by atoms with Crippen molar-refractivity contribution in [3.63, 3.8) is 0 Å². The number of anilines is 1. The van der Waals surface area contributed by atoms with Gasteiger partial charge in [0.05, 0.1) is 0 Å².